The van der Waals surface area contributed by atoms with E-state index >= 15 is 0 Å². The molecule has 0 radical (unpaired) electrons. The number of hydrogen-bond donors (Lipinski definition) is 0. The largest absolute Gasteiger partial charge is 0.372 e. The summed E-state index contributed by atoms with van der Waals surface area (Å²) in [4.78, 5) is 3.90. The van der Waals surface area contributed by atoms with Crippen LogP contribution in [0.2, 0.25) is 0 Å². The zero-order chi connectivity index (χ0) is 18.5. The Morgan fingerprint density at radius 3 is 1.96 bits per heavy atom. The summed E-state index contributed by atoms with van der Waals surface area (Å²) in [6, 6.07) is 13.4. The average molecular weight is 370 g/mol. The number of anilines is 1. The number of hydrogen-bond acceptors (Lipinski definition) is 2. The number of thiophene rings is 1. The first kappa shape index (κ1) is 20.8. The van der Waals surface area contributed by atoms with E-state index in [4.69, 9.17) is 0 Å². The molecule has 1 aromatic heterocycles. The van der Waals surface area contributed by atoms with E-state index in [2.05, 4.69) is 72.7 Å². The Morgan fingerprint density at radius 1 is 0.769 bits per heavy atom. The second-order valence-corrected chi connectivity index (χ2v) is 8.03. The Labute approximate surface area is 164 Å². The van der Waals surface area contributed by atoms with Gasteiger partial charge in [0.15, 0.2) is 0 Å². The summed E-state index contributed by atoms with van der Waals surface area (Å²) in [6.45, 7) is 6.95. The Kier molecular flexibility index (Phi) is 10.2. The third kappa shape index (κ3) is 7.78. The third-order valence-corrected chi connectivity index (χ3v) is 5.64. The minimum atomic E-state index is 1.19. The van der Waals surface area contributed by atoms with Crippen molar-refractivity contribution in [1.29, 1.82) is 0 Å². The molecule has 0 spiro atoms. The van der Waals surface area contributed by atoms with Crippen molar-refractivity contribution in [1.82, 2.24) is 0 Å². The van der Waals surface area contributed by atoms with Crippen LogP contribution in [0.25, 0.3) is 12.2 Å². The maximum atomic E-state index is 2.60. The van der Waals surface area contributed by atoms with Gasteiger partial charge in [-0.3, -0.25) is 0 Å². The van der Waals surface area contributed by atoms with Gasteiger partial charge in [0.25, 0.3) is 0 Å². The van der Waals surface area contributed by atoms with Crippen molar-refractivity contribution in [3.05, 3.63) is 52.2 Å². The number of benzene rings is 1. The van der Waals surface area contributed by atoms with Crippen LogP contribution in [0.15, 0.2) is 41.8 Å². The molecular weight excluding hydrogens is 334 g/mol. The first-order chi connectivity index (χ1) is 12.8. The molecule has 142 valence electrons. The fourth-order valence-corrected chi connectivity index (χ4v) is 3.81. The van der Waals surface area contributed by atoms with Crippen molar-refractivity contribution in [3.8, 4) is 0 Å². The van der Waals surface area contributed by atoms with Gasteiger partial charge in [-0.1, -0.05) is 76.6 Å². The molecule has 0 fully saturated rings. The minimum Gasteiger partial charge on any atom is -0.372 e. The molecule has 0 saturated heterocycles. The van der Waals surface area contributed by atoms with Crippen molar-refractivity contribution >= 4 is 29.2 Å². The normalized spacial score (nSPS) is 11.3. The van der Waals surface area contributed by atoms with Gasteiger partial charge in [-0.25, -0.2) is 0 Å². The molecule has 1 nitrogen and oxygen atoms in total. The summed E-state index contributed by atoms with van der Waals surface area (Å²) in [7, 11) is 0. The van der Waals surface area contributed by atoms with Gasteiger partial charge in [-0.05, 0) is 48.1 Å². The molecule has 0 aliphatic carbocycles. The van der Waals surface area contributed by atoms with E-state index in [1.807, 2.05) is 0 Å². The van der Waals surface area contributed by atoms with Crippen LogP contribution in [-0.4, -0.2) is 13.1 Å². The van der Waals surface area contributed by atoms with Crippen molar-refractivity contribution < 1.29 is 0 Å². The average Bonchev–Trinajstić information content (AvgIpc) is 3.19. The molecule has 0 aliphatic heterocycles. The molecule has 0 atom stereocenters. The molecule has 0 saturated carbocycles. The monoisotopic (exact) mass is 369 g/mol. The van der Waals surface area contributed by atoms with E-state index < -0.39 is 0 Å². The molecule has 26 heavy (non-hydrogen) atoms. The fourth-order valence-electron chi connectivity index (χ4n) is 3.19. The molecular formula is C24H35NS. The van der Waals surface area contributed by atoms with Gasteiger partial charge in [0.2, 0.25) is 0 Å². The Bertz CT molecular complexity index is 586. The fraction of sp³-hybridized carbons (Fsp3) is 0.500. The van der Waals surface area contributed by atoms with Gasteiger partial charge in [0.05, 0.1) is 0 Å². The Balaban J connectivity index is 1.93. The van der Waals surface area contributed by atoms with Crippen LogP contribution in [0, 0.1) is 0 Å². The van der Waals surface area contributed by atoms with E-state index in [9.17, 15) is 0 Å². The Hall–Kier alpha value is -1.54. The highest BCUT2D eigenvalue weighted by Gasteiger charge is 2.06. The van der Waals surface area contributed by atoms with Gasteiger partial charge in [-0.2, -0.15) is 0 Å². The lowest BCUT2D eigenvalue weighted by atomic mass is 10.1. The smallest absolute Gasteiger partial charge is 0.0366 e. The van der Waals surface area contributed by atoms with Gasteiger partial charge in [0.1, 0.15) is 0 Å². The lowest BCUT2D eigenvalue weighted by molar-refractivity contribution is 0.609. The van der Waals surface area contributed by atoms with E-state index in [0.717, 1.165) is 0 Å². The van der Waals surface area contributed by atoms with Crippen LogP contribution >= 0.6 is 11.3 Å². The van der Waals surface area contributed by atoms with Crippen LogP contribution in [0.1, 0.15) is 75.7 Å². The van der Waals surface area contributed by atoms with Gasteiger partial charge in [0, 0.05) is 23.7 Å². The first-order valence-electron chi connectivity index (χ1n) is 10.4. The molecule has 2 heteroatoms. The van der Waals surface area contributed by atoms with Crippen LogP contribution in [0.4, 0.5) is 5.69 Å². The van der Waals surface area contributed by atoms with Crippen LogP contribution < -0.4 is 4.90 Å². The maximum Gasteiger partial charge on any atom is 0.0366 e. The molecule has 0 N–H and O–H groups in total. The number of nitrogens with zero attached hydrogens (tertiary/aromatic N) is 1. The summed E-state index contributed by atoms with van der Waals surface area (Å²) in [5.74, 6) is 0. The van der Waals surface area contributed by atoms with Crippen LogP contribution in [0.3, 0.4) is 0 Å². The summed E-state index contributed by atoms with van der Waals surface area (Å²) in [6.07, 6.45) is 15.1. The van der Waals surface area contributed by atoms with E-state index in [-0.39, 0.29) is 0 Å². The SMILES string of the molecule is CCCCCCN(CCCCCC)c1ccc(/C=C/c2cccs2)cc1. The number of rotatable bonds is 13. The van der Waals surface area contributed by atoms with E-state index in [0.29, 0.717) is 0 Å². The summed E-state index contributed by atoms with van der Waals surface area (Å²) in [5, 5.41) is 2.12. The molecule has 2 aromatic rings. The second-order valence-electron chi connectivity index (χ2n) is 7.05. The molecule has 0 aliphatic rings. The summed E-state index contributed by atoms with van der Waals surface area (Å²) >= 11 is 1.78. The minimum absolute atomic E-state index is 1.19. The molecule has 0 amide bonds. The van der Waals surface area contributed by atoms with Crippen molar-refractivity contribution in [3.63, 3.8) is 0 Å². The Morgan fingerprint density at radius 2 is 1.42 bits per heavy atom. The topological polar surface area (TPSA) is 3.24 Å². The van der Waals surface area contributed by atoms with Gasteiger partial charge >= 0.3 is 0 Å². The summed E-state index contributed by atoms with van der Waals surface area (Å²) < 4.78 is 0. The summed E-state index contributed by atoms with van der Waals surface area (Å²) in [5.41, 5.74) is 2.66. The van der Waals surface area contributed by atoms with Gasteiger partial charge in [-0.15, -0.1) is 11.3 Å². The molecule has 2 rings (SSSR count). The zero-order valence-electron chi connectivity index (χ0n) is 16.6. The highest BCUT2D eigenvalue weighted by atomic mass is 32.1. The van der Waals surface area contributed by atoms with E-state index in [1.54, 1.807) is 11.3 Å². The standard InChI is InChI=1S/C24H35NS/c1-3-5-7-9-19-25(20-10-8-6-4-2)23-16-13-22(14-17-23)15-18-24-12-11-21-26-24/h11-18,21H,3-10,19-20H2,1-2H3/b18-15+. The molecule has 1 heterocycles. The molecule has 0 bridgehead atoms. The van der Waals surface area contributed by atoms with Gasteiger partial charge < -0.3 is 4.90 Å². The molecule has 1 aromatic carbocycles. The third-order valence-electron chi connectivity index (χ3n) is 4.80. The first-order valence-corrected chi connectivity index (χ1v) is 11.3. The molecule has 0 unspecified atom stereocenters. The maximum absolute atomic E-state index is 2.60. The number of unbranched alkanes of at least 4 members (excludes halogenated alkanes) is 6. The van der Waals surface area contributed by atoms with Crippen LogP contribution in [0.5, 0.6) is 0 Å². The highest BCUT2D eigenvalue weighted by Crippen LogP contribution is 2.20. The van der Waals surface area contributed by atoms with Crippen molar-refractivity contribution in [2.45, 2.75) is 65.2 Å². The predicted octanol–water partition coefficient (Wildman–Crippen LogP) is 7.89. The lowest BCUT2D eigenvalue weighted by Gasteiger charge is -2.25. The second kappa shape index (κ2) is 12.8. The highest BCUT2D eigenvalue weighted by molar-refractivity contribution is 7.10. The van der Waals surface area contributed by atoms with Crippen molar-refractivity contribution in [2.75, 3.05) is 18.0 Å². The van der Waals surface area contributed by atoms with Crippen molar-refractivity contribution in [2.24, 2.45) is 0 Å². The predicted molar refractivity (Wildman–Crippen MR) is 120 cm³/mol. The zero-order valence-corrected chi connectivity index (χ0v) is 17.4. The lowest BCUT2D eigenvalue weighted by Crippen LogP contribution is -2.25. The van der Waals surface area contributed by atoms with E-state index in [1.165, 1.54) is 80.6 Å². The van der Waals surface area contributed by atoms with Crippen LogP contribution in [-0.2, 0) is 0 Å². The quantitative estimate of drug-likeness (QED) is 0.324.